The number of phenols is 1. The van der Waals surface area contributed by atoms with E-state index < -0.39 is 47.2 Å². The summed E-state index contributed by atoms with van der Waals surface area (Å²) in [6.45, 7) is 4.92. The van der Waals surface area contributed by atoms with Gasteiger partial charge in [-0.2, -0.15) is 0 Å². The summed E-state index contributed by atoms with van der Waals surface area (Å²) in [7, 11) is 1.99. The number of benzene rings is 1. The van der Waals surface area contributed by atoms with Gasteiger partial charge in [-0.05, 0) is 57.5 Å². The van der Waals surface area contributed by atoms with Crippen molar-refractivity contribution < 1.29 is 43.5 Å². The lowest BCUT2D eigenvalue weighted by atomic mass is 9.50. The highest BCUT2D eigenvalue weighted by Crippen LogP contribution is 2.65. The Balaban J connectivity index is 1.42. The van der Waals surface area contributed by atoms with E-state index in [1.807, 2.05) is 13.1 Å². The number of rotatable bonds is 6. The number of phenolic OH excluding ortho intramolecular Hbond substituents is 1. The van der Waals surface area contributed by atoms with Crippen LogP contribution in [0.15, 0.2) is 24.0 Å². The molecule has 6 atom stereocenters. The van der Waals surface area contributed by atoms with Gasteiger partial charge in [0.2, 0.25) is 0 Å². The lowest BCUT2D eigenvalue weighted by Gasteiger charge is -2.61. The fourth-order valence-electron chi connectivity index (χ4n) is 6.43. The van der Waals surface area contributed by atoms with Crippen molar-refractivity contribution in [2.24, 2.45) is 0 Å². The van der Waals surface area contributed by atoms with Crippen LogP contribution in [0.2, 0.25) is 0 Å². The Hall–Kier alpha value is -3.11. The standard InChI is InChI=1S/C26H31NO9/c1-5-17(34-14(3)28)24(31)33-13(2)23(30)35-18-8-9-26(32)19-12-15-6-7-16(29)21-20(15)25(26,22(18)36-21)10-11-27(19)4/h6-8,13,17,19,22,29,32H,5,9-12H2,1-4H3/t13-,17-,19+,22?,25?,26+/m0/s1. The summed E-state index contributed by atoms with van der Waals surface area (Å²) in [5.41, 5.74) is -0.285. The highest BCUT2D eigenvalue weighted by Gasteiger charge is 2.72. The number of carbonyl (C=O) groups excluding carboxylic acids is 3. The summed E-state index contributed by atoms with van der Waals surface area (Å²) < 4.78 is 22.1. The molecular formula is C26H31NO9. The van der Waals surface area contributed by atoms with Gasteiger partial charge in [-0.3, -0.25) is 4.79 Å². The van der Waals surface area contributed by atoms with E-state index in [1.54, 1.807) is 19.1 Å². The molecule has 0 saturated carbocycles. The molecule has 1 aromatic carbocycles. The van der Waals surface area contributed by atoms with Crippen LogP contribution in [0, 0.1) is 0 Å². The number of likely N-dealkylation sites (N-methyl/N-ethyl adjacent to an activating group) is 1. The maximum Gasteiger partial charge on any atom is 0.352 e. The first kappa shape index (κ1) is 24.6. The first-order valence-corrected chi connectivity index (χ1v) is 12.3. The normalized spacial score (nSPS) is 31.3. The summed E-state index contributed by atoms with van der Waals surface area (Å²) in [5, 5.41) is 22.7. The summed E-state index contributed by atoms with van der Waals surface area (Å²) in [6, 6.07) is 3.29. The largest absolute Gasteiger partial charge is 0.504 e. The predicted octanol–water partition coefficient (Wildman–Crippen LogP) is 1.49. The smallest absolute Gasteiger partial charge is 0.352 e. The van der Waals surface area contributed by atoms with Gasteiger partial charge in [0.15, 0.2) is 29.8 Å². The van der Waals surface area contributed by atoms with Crippen LogP contribution in [-0.2, 0) is 40.4 Å². The van der Waals surface area contributed by atoms with Crippen molar-refractivity contribution in [1.82, 2.24) is 4.90 Å². The molecule has 0 radical (unpaired) electrons. The van der Waals surface area contributed by atoms with E-state index in [-0.39, 0.29) is 30.4 Å². The van der Waals surface area contributed by atoms with Crippen LogP contribution in [0.25, 0.3) is 0 Å². The van der Waals surface area contributed by atoms with Crippen LogP contribution in [0.3, 0.4) is 0 Å². The number of nitrogens with zero attached hydrogens (tertiary/aromatic N) is 1. The molecule has 1 saturated heterocycles. The number of ether oxygens (including phenoxy) is 4. The minimum absolute atomic E-state index is 0.0266. The molecule has 0 amide bonds. The Morgan fingerprint density at radius 1 is 1.25 bits per heavy atom. The zero-order valence-corrected chi connectivity index (χ0v) is 20.8. The number of aromatic hydroxyl groups is 1. The summed E-state index contributed by atoms with van der Waals surface area (Å²) in [4.78, 5) is 38.7. The number of carbonyl (C=O) groups is 3. The average Bonchev–Trinajstić information content (AvgIpc) is 3.19. The van der Waals surface area contributed by atoms with Gasteiger partial charge in [0.1, 0.15) is 5.76 Å². The number of esters is 3. The van der Waals surface area contributed by atoms with Crippen LogP contribution < -0.4 is 4.74 Å². The number of hydrogen-bond donors (Lipinski definition) is 2. The molecule has 2 unspecified atom stereocenters. The van der Waals surface area contributed by atoms with E-state index in [0.717, 1.165) is 11.1 Å². The molecule has 10 heteroatoms. The van der Waals surface area contributed by atoms with Crippen LogP contribution in [0.1, 0.15) is 51.2 Å². The van der Waals surface area contributed by atoms with Gasteiger partial charge in [-0.15, -0.1) is 0 Å². The van der Waals surface area contributed by atoms with E-state index in [0.29, 0.717) is 25.1 Å². The van der Waals surface area contributed by atoms with Crippen LogP contribution in [0.5, 0.6) is 11.5 Å². The van der Waals surface area contributed by atoms with E-state index in [1.165, 1.54) is 13.8 Å². The highest BCUT2D eigenvalue weighted by atomic mass is 16.6. The van der Waals surface area contributed by atoms with Crippen LogP contribution >= 0.6 is 0 Å². The second kappa shape index (κ2) is 8.48. The van der Waals surface area contributed by atoms with Gasteiger partial charge in [0.05, 0.1) is 11.0 Å². The molecule has 36 heavy (non-hydrogen) atoms. The van der Waals surface area contributed by atoms with Crippen molar-refractivity contribution in [2.45, 2.75) is 81.8 Å². The number of aliphatic hydroxyl groups is 1. The molecule has 5 rings (SSSR count). The minimum atomic E-state index is -1.27. The van der Waals surface area contributed by atoms with Gasteiger partial charge in [0, 0.05) is 24.9 Å². The first-order chi connectivity index (χ1) is 17.0. The van der Waals surface area contributed by atoms with Crippen LogP contribution in [0.4, 0.5) is 0 Å². The Morgan fingerprint density at radius 2 is 2.00 bits per heavy atom. The van der Waals surface area contributed by atoms with E-state index in [9.17, 15) is 24.6 Å². The van der Waals surface area contributed by atoms with Crippen molar-refractivity contribution in [3.63, 3.8) is 0 Å². The van der Waals surface area contributed by atoms with Crippen molar-refractivity contribution in [1.29, 1.82) is 0 Å². The van der Waals surface area contributed by atoms with Gasteiger partial charge in [-0.1, -0.05) is 13.0 Å². The molecule has 2 aliphatic carbocycles. The van der Waals surface area contributed by atoms with Crippen molar-refractivity contribution in [2.75, 3.05) is 13.6 Å². The lowest BCUT2D eigenvalue weighted by Crippen LogP contribution is -2.74. The fourth-order valence-corrected chi connectivity index (χ4v) is 6.43. The second-order valence-corrected chi connectivity index (χ2v) is 10.1. The molecular weight excluding hydrogens is 470 g/mol. The molecule has 2 N–H and O–H groups in total. The van der Waals surface area contributed by atoms with Gasteiger partial charge >= 0.3 is 17.9 Å². The quantitative estimate of drug-likeness (QED) is 0.436. The Kier molecular flexibility index (Phi) is 5.79. The molecule has 10 nitrogen and oxygen atoms in total. The second-order valence-electron chi connectivity index (χ2n) is 10.1. The lowest BCUT2D eigenvalue weighted by molar-refractivity contribution is -0.180. The van der Waals surface area contributed by atoms with Crippen molar-refractivity contribution >= 4 is 17.9 Å². The van der Waals surface area contributed by atoms with E-state index in [4.69, 9.17) is 18.9 Å². The Bertz CT molecular complexity index is 1160. The molecule has 1 fully saturated rings. The molecule has 194 valence electrons. The highest BCUT2D eigenvalue weighted by molar-refractivity contribution is 5.83. The molecule has 4 aliphatic rings. The monoisotopic (exact) mass is 501 g/mol. The summed E-state index contributed by atoms with van der Waals surface area (Å²) in [6.07, 6.45) is 0.0299. The number of piperidine rings is 1. The molecule has 1 spiro atoms. The molecule has 2 bridgehead atoms. The van der Waals surface area contributed by atoms with Crippen molar-refractivity contribution in [3.8, 4) is 11.5 Å². The minimum Gasteiger partial charge on any atom is -0.504 e. The third-order valence-electron chi connectivity index (χ3n) is 8.14. The first-order valence-electron chi connectivity index (χ1n) is 12.3. The number of likely N-dealkylation sites (tertiary alicyclic amines) is 1. The van der Waals surface area contributed by atoms with E-state index >= 15 is 0 Å². The SMILES string of the molecule is CC[C@H](OC(C)=O)C(=O)O[C@@H](C)C(=O)OC1=CC[C@@]2(O)[C@H]3Cc4ccc(O)c5c4C2(CCN3C)C1O5. The zero-order valence-electron chi connectivity index (χ0n) is 20.8. The Morgan fingerprint density at radius 3 is 2.69 bits per heavy atom. The number of hydrogen-bond acceptors (Lipinski definition) is 10. The van der Waals surface area contributed by atoms with Crippen LogP contribution in [-0.4, -0.2) is 76.6 Å². The van der Waals surface area contributed by atoms with Gasteiger partial charge in [0.25, 0.3) is 0 Å². The molecule has 0 aromatic heterocycles. The Labute approximate surface area is 208 Å². The third-order valence-corrected chi connectivity index (χ3v) is 8.14. The average molecular weight is 502 g/mol. The fraction of sp³-hybridized carbons (Fsp3) is 0.577. The third kappa shape index (κ3) is 3.34. The maximum absolute atomic E-state index is 12.9. The predicted molar refractivity (Wildman–Crippen MR) is 124 cm³/mol. The topological polar surface area (TPSA) is 132 Å². The summed E-state index contributed by atoms with van der Waals surface area (Å²) >= 11 is 0. The van der Waals surface area contributed by atoms with E-state index in [2.05, 4.69) is 4.90 Å². The summed E-state index contributed by atoms with van der Waals surface area (Å²) in [5.74, 6) is -1.79. The van der Waals surface area contributed by atoms with Crippen molar-refractivity contribution in [3.05, 3.63) is 35.1 Å². The molecule has 2 heterocycles. The maximum atomic E-state index is 12.9. The van der Waals surface area contributed by atoms with Gasteiger partial charge < -0.3 is 34.1 Å². The van der Waals surface area contributed by atoms with Gasteiger partial charge in [-0.25, -0.2) is 9.59 Å². The zero-order chi connectivity index (χ0) is 26.0. The molecule has 2 aliphatic heterocycles. The molecule has 1 aromatic rings.